The van der Waals surface area contributed by atoms with Crippen LogP contribution in [0.4, 0.5) is 0 Å². The molecule has 0 amide bonds. The molecule has 0 bridgehead atoms. The molecule has 2 aliphatic rings. The molecular weight excluding hydrogens is 228 g/mol. The van der Waals surface area contributed by atoms with Gasteiger partial charge in [0.05, 0.1) is 13.2 Å². The lowest BCUT2D eigenvalue weighted by molar-refractivity contribution is 0.0719. The number of hydrogen-bond acceptors (Lipinski definition) is 3. The minimum atomic E-state index is -3.29. The van der Waals surface area contributed by atoms with Gasteiger partial charge in [-0.15, -0.1) is 0 Å². The van der Waals surface area contributed by atoms with Gasteiger partial charge in [-0.3, -0.25) is 0 Å². The Hall–Kier alpha value is -0.170. The van der Waals surface area contributed by atoms with Gasteiger partial charge in [-0.05, 0) is 18.3 Å². The maximum Gasteiger partial charge on any atom is 0.279 e. The third-order valence-electron chi connectivity index (χ3n) is 3.55. The number of nitrogens with zero attached hydrogens (tertiary/aromatic N) is 1. The van der Waals surface area contributed by atoms with Gasteiger partial charge in [0, 0.05) is 19.6 Å². The normalized spacial score (nSPS) is 26.3. The molecule has 94 valence electrons. The van der Waals surface area contributed by atoms with Crippen LogP contribution in [0.25, 0.3) is 0 Å². The van der Waals surface area contributed by atoms with Gasteiger partial charge < -0.3 is 4.74 Å². The van der Waals surface area contributed by atoms with E-state index in [2.05, 4.69) is 11.6 Å². The largest absolute Gasteiger partial charge is 0.379 e. The molecule has 0 spiro atoms. The summed E-state index contributed by atoms with van der Waals surface area (Å²) in [5, 5.41) is 0. The number of nitrogens with one attached hydrogen (secondary N) is 1. The molecule has 1 aliphatic heterocycles. The minimum Gasteiger partial charge on any atom is -0.379 e. The fourth-order valence-corrected chi connectivity index (χ4v) is 3.44. The molecule has 1 aliphatic carbocycles. The maximum atomic E-state index is 11.9. The Morgan fingerprint density at radius 3 is 2.44 bits per heavy atom. The van der Waals surface area contributed by atoms with E-state index in [1.54, 1.807) is 0 Å². The molecule has 1 saturated carbocycles. The van der Waals surface area contributed by atoms with Crippen molar-refractivity contribution in [2.24, 2.45) is 5.41 Å². The lowest BCUT2D eigenvalue weighted by atomic mass is 9.71. The van der Waals surface area contributed by atoms with Crippen molar-refractivity contribution in [1.82, 2.24) is 9.03 Å². The van der Waals surface area contributed by atoms with Gasteiger partial charge >= 0.3 is 0 Å². The highest BCUT2D eigenvalue weighted by atomic mass is 32.2. The first-order chi connectivity index (χ1) is 7.52. The predicted octanol–water partition coefficient (Wildman–Crippen LogP) is 0.343. The zero-order chi connectivity index (χ0) is 11.6. The van der Waals surface area contributed by atoms with Crippen LogP contribution in [0.2, 0.25) is 0 Å². The van der Waals surface area contributed by atoms with E-state index in [0.29, 0.717) is 32.8 Å². The SMILES string of the molecule is CC1(CNS(=O)(=O)N2CCOCC2)CCC1. The average Bonchev–Trinajstić information content (AvgIpc) is 2.25. The Morgan fingerprint density at radius 2 is 1.94 bits per heavy atom. The van der Waals surface area contributed by atoms with Crippen LogP contribution in [0.5, 0.6) is 0 Å². The quantitative estimate of drug-likeness (QED) is 0.780. The predicted molar refractivity (Wildman–Crippen MR) is 61.3 cm³/mol. The Kier molecular flexibility index (Phi) is 3.53. The Balaban J connectivity index is 1.86. The average molecular weight is 248 g/mol. The van der Waals surface area contributed by atoms with Crippen LogP contribution in [-0.2, 0) is 14.9 Å². The van der Waals surface area contributed by atoms with Crippen LogP contribution < -0.4 is 4.72 Å². The third-order valence-corrected chi connectivity index (χ3v) is 5.11. The molecule has 0 unspecified atom stereocenters. The zero-order valence-electron chi connectivity index (χ0n) is 9.74. The highest BCUT2D eigenvalue weighted by Gasteiger charge is 2.34. The fraction of sp³-hybridized carbons (Fsp3) is 1.00. The number of hydrogen-bond donors (Lipinski definition) is 1. The van der Waals surface area contributed by atoms with Crippen molar-refractivity contribution in [1.29, 1.82) is 0 Å². The van der Waals surface area contributed by atoms with Gasteiger partial charge in [-0.1, -0.05) is 13.3 Å². The van der Waals surface area contributed by atoms with Crippen LogP contribution in [0.15, 0.2) is 0 Å². The second-order valence-electron chi connectivity index (χ2n) is 5.00. The first-order valence-electron chi connectivity index (χ1n) is 5.84. The van der Waals surface area contributed by atoms with E-state index >= 15 is 0 Å². The lowest BCUT2D eigenvalue weighted by Crippen LogP contribution is -2.49. The first-order valence-corrected chi connectivity index (χ1v) is 7.28. The van der Waals surface area contributed by atoms with E-state index in [9.17, 15) is 8.42 Å². The van der Waals surface area contributed by atoms with E-state index in [0.717, 1.165) is 12.8 Å². The van der Waals surface area contributed by atoms with Gasteiger partial charge in [0.15, 0.2) is 0 Å². The van der Waals surface area contributed by atoms with Gasteiger partial charge in [-0.25, -0.2) is 4.72 Å². The summed E-state index contributed by atoms with van der Waals surface area (Å²) in [4.78, 5) is 0. The van der Waals surface area contributed by atoms with Crippen molar-refractivity contribution >= 4 is 10.2 Å². The zero-order valence-corrected chi connectivity index (χ0v) is 10.6. The topological polar surface area (TPSA) is 58.6 Å². The molecule has 0 aromatic heterocycles. The molecule has 2 rings (SSSR count). The molecule has 16 heavy (non-hydrogen) atoms. The van der Waals surface area contributed by atoms with E-state index in [4.69, 9.17) is 4.74 Å². The summed E-state index contributed by atoms with van der Waals surface area (Å²) in [7, 11) is -3.29. The summed E-state index contributed by atoms with van der Waals surface area (Å²) in [6.45, 7) is 4.62. The van der Waals surface area contributed by atoms with Crippen molar-refractivity contribution in [2.75, 3.05) is 32.8 Å². The highest BCUT2D eigenvalue weighted by Crippen LogP contribution is 2.39. The van der Waals surface area contributed by atoms with E-state index in [1.165, 1.54) is 10.7 Å². The standard InChI is InChI=1S/C10H20N2O3S/c1-10(3-2-4-10)9-11-16(13,14)12-5-7-15-8-6-12/h11H,2-9H2,1H3. The molecular formula is C10H20N2O3S. The van der Waals surface area contributed by atoms with E-state index in [1.807, 2.05) is 0 Å². The molecule has 1 N–H and O–H groups in total. The fourth-order valence-electron chi connectivity index (χ4n) is 2.10. The molecule has 0 aromatic rings. The van der Waals surface area contributed by atoms with E-state index < -0.39 is 10.2 Å². The highest BCUT2D eigenvalue weighted by molar-refractivity contribution is 7.87. The van der Waals surface area contributed by atoms with Crippen LogP contribution in [0.1, 0.15) is 26.2 Å². The second-order valence-corrected chi connectivity index (χ2v) is 6.76. The summed E-state index contributed by atoms with van der Waals surface area (Å²) in [6.07, 6.45) is 3.47. The van der Waals surface area contributed by atoms with Gasteiger partial charge in [0.25, 0.3) is 10.2 Å². The summed E-state index contributed by atoms with van der Waals surface area (Å²) >= 11 is 0. The minimum absolute atomic E-state index is 0.180. The van der Waals surface area contributed by atoms with Crippen LogP contribution in [0, 0.1) is 5.41 Å². The maximum absolute atomic E-state index is 11.9. The van der Waals surface area contributed by atoms with E-state index in [-0.39, 0.29) is 5.41 Å². The first kappa shape index (κ1) is 12.3. The molecule has 0 aromatic carbocycles. The van der Waals surface area contributed by atoms with Crippen molar-refractivity contribution < 1.29 is 13.2 Å². The molecule has 6 heteroatoms. The van der Waals surface area contributed by atoms with Gasteiger partial charge in [0.2, 0.25) is 0 Å². The van der Waals surface area contributed by atoms with Crippen LogP contribution in [0.3, 0.4) is 0 Å². The van der Waals surface area contributed by atoms with Crippen molar-refractivity contribution in [3.63, 3.8) is 0 Å². The Bertz CT molecular complexity index is 332. The lowest BCUT2D eigenvalue weighted by Gasteiger charge is -2.39. The number of ether oxygens (including phenoxy) is 1. The Labute approximate surface area is 97.3 Å². The van der Waals surface area contributed by atoms with Crippen LogP contribution >= 0.6 is 0 Å². The monoisotopic (exact) mass is 248 g/mol. The van der Waals surface area contributed by atoms with Crippen molar-refractivity contribution in [2.45, 2.75) is 26.2 Å². The summed E-state index contributed by atoms with van der Waals surface area (Å²) < 4.78 is 33.2. The molecule has 0 radical (unpaired) electrons. The molecule has 2 fully saturated rings. The molecule has 1 heterocycles. The van der Waals surface area contributed by atoms with Gasteiger partial charge in [0.1, 0.15) is 0 Å². The van der Waals surface area contributed by atoms with Crippen molar-refractivity contribution in [3.05, 3.63) is 0 Å². The Morgan fingerprint density at radius 1 is 1.31 bits per heavy atom. The second kappa shape index (κ2) is 4.60. The van der Waals surface area contributed by atoms with Gasteiger partial charge in [-0.2, -0.15) is 12.7 Å². The smallest absolute Gasteiger partial charge is 0.279 e. The number of morpholine rings is 1. The summed E-state index contributed by atoms with van der Waals surface area (Å²) in [6, 6.07) is 0. The molecule has 0 atom stereocenters. The summed E-state index contributed by atoms with van der Waals surface area (Å²) in [5.41, 5.74) is 0.180. The third kappa shape index (κ3) is 2.74. The molecule has 5 nitrogen and oxygen atoms in total. The molecule has 1 saturated heterocycles. The number of rotatable bonds is 4. The van der Waals surface area contributed by atoms with Crippen molar-refractivity contribution in [3.8, 4) is 0 Å². The van der Waals surface area contributed by atoms with Crippen LogP contribution in [-0.4, -0.2) is 45.6 Å². The summed E-state index contributed by atoms with van der Waals surface area (Å²) in [5.74, 6) is 0.